The molecular formula is C22H31NO2. The zero-order valence-corrected chi connectivity index (χ0v) is 15.9. The minimum atomic E-state index is 0.252. The number of hydrogen-bond donors (Lipinski definition) is 1. The van der Waals surface area contributed by atoms with Gasteiger partial charge in [-0.25, -0.2) is 0 Å². The maximum absolute atomic E-state index is 5.82. The molecule has 0 aromatic heterocycles. The molecule has 2 rings (SSSR count). The van der Waals surface area contributed by atoms with Gasteiger partial charge in [-0.1, -0.05) is 39.0 Å². The molecule has 136 valence electrons. The summed E-state index contributed by atoms with van der Waals surface area (Å²) in [6, 6.07) is 16.4. The van der Waals surface area contributed by atoms with Gasteiger partial charge in [0.15, 0.2) is 0 Å². The SMILES string of the molecule is CCC(C)Oc1ccc(CNc2cccc(OCCC(C)C)c2)cc1. The van der Waals surface area contributed by atoms with Crippen LogP contribution < -0.4 is 14.8 Å². The molecule has 2 aromatic rings. The largest absolute Gasteiger partial charge is 0.494 e. The Kier molecular flexibility index (Phi) is 7.65. The fraction of sp³-hybridized carbons (Fsp3) is 0.455. The van der Waals surface area contributed by atoms with Gasteiger partial charge in [-0.3, -0.25) is 0 Å². The van der Waals surface area contributed by atoms with Crippen molar-refractivity contribution in [2.24, 2.45) is 5.92 Å². The fourth-order valence-corrected chi connectivity index (χ4v) is 2.31. The highest BCUT2D eigenvalue weighted by atomic mass is 16.5. The first-order valence-corrected chi connectivity index (χ1v) is 9.29. The third kappa shape index (κ3) is 7.08. The Bertz CT molecular complexity index is 622. The average molecular weight is 341 g/mol. The van der Waals surface area contributed by atoms with Gasteiger partial charge in [-0.15, -0.1) is 0 Å². The van der Waals surface area contributed by atoms with Crippen LogP contribution in [0.5, 0.6) is 11.5 Å². The summed E-state index contributed by atoms with van der Waals surface area (Å²) < 4.78 is 11.6. The Hall–Kier alpha value is -2.16. The molecule has 0 aliphatic carbocycles. The van der Waals surface area contributed by atoms with Crippen molar-refractivity contribution in [1.29, 1.82) is 0 Å². The van der Waals surface area contributed by atoms with Crippen LogP contribution in [0.15, 0.2) is 48.5 Å². The van der Waals surface area contributed by atoms with E-state index in [0.717, 1.165) is 43.2 Å². The molecular weight excluding hydrogens is 310 g/mol. The predicted octanol–water partition coefficient (Wildman–Crippen LogP) is 5.90. The van der Waals surface area contributed by atoms with Crippen molar-refractivity contribution in [1.82, 2.24) is 0 Å². The van der Waals surface area contributed by atoms with Crippen molar-refractivity contribution in [3.8, 4) is 11.5 Å². The van der Waals surface area contributed by atoms with E-state index in [1.54, 1.807) is 0 Å². The van der Waals surface area contributed by atoms with Gasteiger partial charge in [0, 0.05) is 18.3 Å². The number of nitrogens with one attached hydrogen (secondary N) is 1. The molecule has 0 bridgehead atoms. The second kappa shape index (κ2) is 9.97. The van der Waals surface area contributed by atoms with Crippen molar-refractivity contribution < 1.29 is 9.47 Å². The van der Waals surface area contributed by atoms with Crippen LogP contribution >= 0.6 is 0 Å². The van der Waals surface area contributed by atoms with E-state index >= 15 is 0 Å². The zero-order chi connectivity index (χ0) is 18.1. The number of anilines is 1. The average Bonchev–Trinajstić information content (AvgIpc) is 2.61. The van der Waals surface area contributed by atoms with Crippen molar-refractivity contribution in [2.45, 2.75) is 53.2 Å². The second-order valence-electron chi connectivity index (χ2n) is 6.89. The lowest BCUT2D eigenvalue weighted by atomic mass is 10.1. The normalized spacial score (nSPS) is 12.0. The summed E-state index contributed by atoms with van der Waals surface area (Å²) in [7, 11) is 0. The standard InChI is InChI=1S/C22H31NO2/c1-5-18(4)25-21-11-9-19(10-12-21)16-23-20-7-6-8-22(15-20)24-14-13-17(2)3/h6-12,15,17-18,23H,5,13-14,16H2,1-4H3. The summed E-state index contributed by atoms with van der Waals surface area (Å²) in [5, 5.41) is 3.45. The maximum atomic E-state index is 5.82. The van der Waals surface area contributed by atoms with Crippen molar-refractivity contribution >= 4 is 5.69 Å². The lowest BCUT2D eigenvalue weighted by molar-refractivity contribution is 0.217. The maximum Gasteiger partial charge on any atom is 0.121 e. The van der Waals surface area contributed by atoms with Crippen molar-refractivity contribution in [3.63, 3.8) is 0 Å². The number of hydrogen-bond acceptors (Lipinski definition) is 3. The number of ether oxygens (including phenoxy) is 2. The second-order valence-corrected chi connectivity index (χ2v) is 6.89. The smallest absolute Gasteiger partial charge is 0.121 e. The molecule has 0 saturated heterocycles. The summed E-state index contributed by atoms with van der Waals surface area (Å²) in [6.07, 6.45) is 2.34. The minimum Gasteiger partial charge on any atom is -0.494 e. The number of benzene rings is 2. The first-order chi connectivity index (χ1) is 12.1. The molecule has 0 fully saturated rings. The molecule has 1 unspecified atom stereocenters. The van der Waals surface area contributed by atoms with Crippen LogP contribution in [0.2, 0.25) is 0 Å². The molecule has 0 aliphatic heterocycles. The molecule has 0 spiro atoms. The highest BCUT2D eigenvalue weighted by Gasteiger charge is 2.02. The molecule has 0 saturated carbocycles. The Morgan fingerprint density at radius 1 is 0.960 bits per heavy atom. The molecule has 0 aliphatic rings. The molecule has 3 heteroatoms. The van der Waals surface area contributed by atoms with Crippen molar-refractivity contribution in [3.05, 3.63) is 54.1 Å². The third-order valence-electron chi connectivity index (χ3n) is 4.13. The van der Waals surface area contributed by atoms with Crippen LogP contribution in [-0.2, 0) is 6.54 Å². The lowest BCUT2D eigenvalue weighted by Crippen LogP contribution is -2.09. The Labute approximate surface area is 152 Å². The van der Waals surface area contributed by atoms with E-state index < -0.39 is 0 Å². The highest BCUT2D eigenvalue weighted by molar-refractivity contribution is 5.48. The molecule has 1 N–H and O–H groups in total. The predicted molar refractivity (Wildman–Crippen MR) is 106 cm³/mol. The molecule has 0 amide bonds. The van der Waals surface area contributed by atoms with E-state index in [4.69, 9.17) is 9.47 Å². The molecule has 25 heavy (non-hydrogen) atoms. The quantitative estimate of drug-likeness (QED) is 0.583. The fourth-order valence-electron chi connectivity index (χ4n) is 2.31. The van der Waals surface area contributed by atoms with Gasteiger partial charge >= 0.3 is 0 Å². The van der Waals surface area contributed by atoms with Crippen LogP contribution in [0.3, 0.4) is 0 Å². The van der Waals surface area contributed by atoms with E-state index in [0.29, 0.717) is 5.92 Å². The Morgan fingerprint density at radius 3 is 2.40 bits per heavy atom. The van der Waals surface area contributed by atoms with Gasteiger partial charge in [-0.05, 0) is 55.5 Å². The van der Waals surface area contributed by atoms with Gasteiger partial charge in [0.05, 0.1) is 12.7 Å². The van der Waals surface area contributed by atoms with E-state index in [2.05, 4.69) is 57.3 Å². The van der Waals surface area contributed by atoms with E-state index in [1.807, 2.05) is 24.3 Å². The van der Waals surface area contributed by atoms with Gasteiger partial charge < -0.3 is 14.8 Å². The monoisotopic (exact) mass is 341 g/mol. The molecule has 2 aromatic carbocycles. The molecule has 0 radical (unpaired) electrons. The first kappa shape index (κ1) is 19.2. The Balaban J connectivity index is 1.84. The Morgan fingerprint density at radius 2 is 1.72 bits per heavy atom. The first-order valence-electron chi connectivity index (χ1n) is 9.29. The van der Waals surface area contributed by atoms with Crippen molar-refractivity contribution in [2.75, 3.05) is 11.9 Å². The molecule has 3 nitrogen and oxygen atoms in total. The van der Waals surface area contributed by atoms with Crippen LogP contribution in [-0.4, -0.2) is 12.7 Å². The van der Waals surface area contributed by atoms with Gasteiger partial charge in [0.2, 0.25) is 0 Å². The van der Waals surface area contributed by atoms with E-state index in [-0.39, 0.29) is 6.10 Å². The summed E-state index contributed by atoms with van der Waals surface area (Å²) >= 11 is 0. The lowest BCUT2D eigenvalue weighted by Gasteiger charge is -2.13. The minimum absolute atomic E-state index is 0.252. The molecule has 0 heterocycles. The third-order valence-corrected chi connectivity index (χ3v) is 4.13. The summed E-state index contributed by atoms with van der Waals surface area (Å²) in [5.74, 6) is 2.51. The van der Waals surface area contributed by atoms with Crippen LogP contribution in [0.25, 0.3) is 0 Å². The summed E-state index contributed by atoms with van der Waals surface area (Å²) in [6.45, 7) is 10.2. The van der Waals surface area contributed by atoms with E-state index in [1.165, 1.54) is 5.56 Å². The topological polar surface area (TPSA) is 30.5 Å². The van der Waals surface area contributed by atoms with E-state index in [9.17, 15) is 0 Å². The summed E-state index contributed by atoms with van der Waals surface area (Å²) in [5.41, 5.74) is 2.30. The van der Waals surface area contributed by atoms with Gasteiger partial charge in [0.1, 0.15) is 11.5 Å². The molecule has 1 atom stereocenters. The summed E-state index contributed by atoms with van der Waals surface area (Å²) in [4.78, 5) is 0. The highest BCUT2D eigenvalue weighted by Crippen LogP contribution is 2.20. The number of rotatable bonds is 10. The van der Waals surface area contributed by atoms with Gasteiger partial charge in [-0.2, -0.15) is 0 Å². The van der Waals surface area contributed by atoms with Crippen LogP contribution in [0.4, 0.5) is 5.69 Å². The van der Waals surface area contributed by atoms with Crippen LogP contribution in [0, 0.1) is 5.92 Å². The van der Waals surface area contributed by atoms with Crippen LogP contribution in [0.1, 0.15) is 46.1 Å². The zero-order valence-electron chi connectivity index (χ0n) is 15.9. The van der Waals surface area contributed by atoms with Gasteiger partial charge in [0.25, 0.3) is 0 Å².